The van der Waals surface area contributed by atoms with Crippen molar-refractivity contribution in [2.75, 3.05) is 0 Å². The van der Waals surface area contributed by atoms with Crippen molar-refractivity contribution in [1.82, 2.24) is 0 Å². The van der Waals surface area contributed by atoms with Crippen molar-refractivity contribution in [3.63, 3.8) is 0 Å². The first-order chi connectivity index (χ1) is 15.6. The van der Waals surface area contributed by atoms with Crippen molar-refractivity contribution in [3.05, 3.63) is 23.3 Å². The standard InChI is InChI=1S/C31H50O2/c1-8-23(20(2)3)13-12-21(4)26-16-17-27-25-15-14-24-10-9-11-29(33-22(5)32)31(24,7)28(25)18-19-30(26,27)6/h13-14,20-21,25-29H,8-12,15-19H2,1-7H3/b23-13+/t21-,25+,26-,27+,28+,29?,30-,31+/m1/s1. The van der Waals surface area contributed by atoms with E-state index in [1.807, 2.05) is 0 Å². The van der Waals surface area contributed by atoms with Crippen LogP contribution in [0.25, 0.3) is 0 Å². The molecule has 0 amide bonds. The van der Waals surface area contributed by atoms with Crippen LogP contribution in [-0.4, -0.2) is 12.1 Å². The molecule has 0 aliphatic heterocycles. The van der Waals surface area contributed by atoms with Crippen LogP contribution in [-0.2, 0) is 9.53 Å². The summed E-state index contributed by atoms with van der Waals surface area (Å²) in [6.45, 7) is 16.2. The lowest BCUT2D eigenvalue weighted by Crippen LogP contribution is -2.55. The molecule has 0 aromatic carbocycles. The van der Waals surface area contributed by atoms with Crippen molar-refractivity contribution < 1.29 is 9.53 Å². The van der Waals surface area contributed by atoms with Crippen molar-refractivity contribution >= 4 is 5.97 Å². The minimum Gasteiger partial charge on any atom is -0.462 e. The lowest BCUT2D eigenvalue weighted by Gasteiger charge is -2.59. The number of carbonyl (C=O) groups is 1. The van der Waals surface area contributed by atoms with Crippen LogP contribution in [0.2, 0.25) is 0 Å². The van der Waals surface area contributed by atoms with Gasteiger partial charge in [-0.2, -0.15) is 0 Å². The summed E-state index contributed by atoms with van der Waals surface area (Å²) in [5, 5.41) is 0. The van der Waals surface area contributed by atoms with Gasteiger partial charge in [-0.1, -0.05) is 64.8 Å². The molecule has 0 spiro atoms. The zero-order valence-corrected chi connectivity index (χ0v) is 22.6. The SMILES string of the molecule is CC/C(=C\C[C@@H](C)[C@H]1CC[C@H]2[C@@H]3CC=C4CCCC(OC(C)=O)[C@]4(C)[C@H]3CC[C@]12C)C(C)C. The molecule has 0 heterocycles. The number of hydrogen-bond donors (Lipinski definition) is 0. The highest BCUT2D eigenvalue weighted by Gasteiger charge is 2.61. The minimum atomic E-state index is -0.0964. The van der Waals surface area contributed by atoms with Gasteiger partial charge in [-0.25, -0.2) is 0 Å². The number of esters is 1. The summed E-state index contributed by atoms with van der Waals surface area (Å²) < 4.78 is 6.01. The third-order valence-electron chi connectivity index (χ3n) is 11.1. The molecule has 4 rings (SSSR count). The van der Waals surface area contributed by atoms with E-state index in [2.05, 4.69) is 53.7 Å². The summed E-state index contributed by atoms with van der Waals surface area (Å²) in [4.78, 5) is 12.0. The van der Waals surface area contributed by atoms with Crippen molar-refractivity contribution in [1.29, 1.82) is 0 Å². The van der Waals surface area contributed by atoms with Gasteiger partial charge in [0, 0.05) is 12.3 Å². The smallest absolute Gasteiger partial charge is 0.302 e. The third kappa shape index (κ3) is 4.27. The van der Waals surface area contributed by atoms with Gasteiger partial charge in [-0.15, -0.1) is 0 Å². The molecule has 4 aliphatic carbocycles. The Morgan fingerprint density at radius 2 is 1.91 bits per heavy atom. The molecule has 2 nitrogen and oxygen atoms in total. The third-order valence-corrected chi connectivity index (χ3v) is 11.1. The van der Waals surface area contributed by atoms with Gasteiger partial charge in [0.15, 0.2) is 0 Å². The first-order valence-electron chi connectivity index (χ1n) is 14.2. The van der Waals surface area contributed by atoms with Gasteiger partial charge in [-0.05, 0) is 105 Å². The van der Waals surface area contributed by atoms with Crippen molar-refractivity contribution in [3.8, 4) is 0 Å². The average Bonchev–Trinajstić information content (AvgIpc) is 3.11. The fraction of sp³-hybridized carbons (Fsp3) is 0.839. The summed E-state index contributed by atoms with van der Waals surface area (Å²) in [7, 11) is 0. The van der Waals surface area contributed by atoms with Crippen molar-refractivity contribution in [2.24, 2.45) is 46.3 Å². The van der Waals surface area contributed by atoms with E-state index in [0.717, 1.165) is 30.1 Å². The van der Waals surface area contributed by atoms with Gasteiger partial charge in [-0.3, -0.25) is 4.79 Å². The molecule has 33 heavy (non-hydrogen) atoms. The van der Waals surface area contributed by atoms with E-state index in [1.54, 1.807) is 18.1 Å². The minimum absolute atomic E-state index is 0.0634. The zero-order chi connectivity index (χ0) is 24.0. The van der Waals surface area contributed by atoms with Gasteiger partial charge in [0.25, 0.3) is 0 Å². The van der Waals surface area contributed by atoms with Gasteiger partial charge in [0.1, 0.15) is 6.10 Å². The Bertz CT molecular complexity index is 791. The number of allylic oxidation sites excluding steroid dienone is 3. The van der Waals surface area contributed by atoms with E-state index < -0.39 is 0 Å². The Labute approximate surface area is 204 Å². The van der Waals surface area contributed by atoms with Crippen LogP contribution in [0.4, 0.5) is 0 Å². The van der Waals surface area contributed by atoms with E-state index >= 15 is 0 Å². The molecule has 186 valence electrons. The number of ether oxygens (including phenoxy) is 1. The largest absolute Gasteiger partial charge is 0.462 e. The van der Waals surface area contributed by atoms with Crippen LogP contribution >= 0.6 is 0 Å². The highest BCUT2D eigenvalue weighted by Crippen LogP contribution is 2.67. The summed E-state index contributed by atoms with van der Waals surface area (Å²) in [6, 6.07) is 0. The molecule has 0 bridgehead atoms. The monoisotopic (exact) mass is 454 g/mol. The molecule has 0 saturated heterocycles. The zero-order valence-electron chi connectivity index (χ0n) is 22.6. The molecular weight excluding hydrogens is 404 g/mol. The van der Waals surface area contributed by atoms with E-state index in [0.29, 0.717) is 17.3 Å². The maximum absolute atomic E-state index is 12.0. The predicted molar refractivity (Wildman–Crippen MR) is 138 cm³/mol. The van der Waals surface area contributed by atoms with Gasteiger partial charge in [0.05, 0.1) is 0 Å². The van der Waals surface area contributed by atoms with E-state index in [-0.39, 0.29) is 17.5 Å². The second-order valence-corrected chi connectivity index (χ2v) is 12.8. The molecule has 2 heteroatoms. The summed E-state index contributed by atoms with van der Waals surface area (Å²) >= 11 is 0. The molecule has 0 N–H and O–H groups in total. The van der Waals surface area contributed by atoms with Crippen LogP contribution < -0.4 is 0 Å². The van der Waals surface area contributed by atoms with Crippen LogP contribution in [0.3, 0.4) is 0 Å². The summed E-state index contributed by atoms with van der Waals surface area (Å²) in [5.74, 6) is 4.47. The normalized spacial score (nSPS) is 41.6. The summed E-state index contributed by atoms with van der Waals surface area (Å²) in [6.07, 6.45) is 17.9. The van der Waals surface area contributed by atoms with E-state index in [1.165, 1.54) is 57.8 Å². The first kappa shape index (κ1) is 25.1. The van der Waals surface area contributed by atoms with Gasteiger partial charge >= 0.3 is 5.97 Å². The second kappa shape index (κ2) is 9.54. The molecule has 3 fully saturated rings. The van der Waals surface area contributed by atoms with Crippen LogP contribution in [0.15, 0.2) is 23.3 Å². The lowest BCUT2D eigenvalue weighted by atomic mass is 9.46. The van der Waals surface area contributed by atoms with Crippen LogP contribution in [0, 0.1) is 46.3 Å². The number of rotatable bonds is 6. The quantitative estimate of drug-likeness (QED) is 0.297. The Morgan fingerprint density at radius 3 is 2.58 bits per heavy atom. The second-order valence-electron chi connectivity index (χ2n) is 12.8. The Hall–Kier alpha value is -1.05. The predicted octanol–water partition coefficient (Wildman–Crippen LogP) is 8.52. The molecule has 8 atom stereocenters. The highest BCUT2D eigenvalue weighted by atomic mass is 16.5. The number of carbonyl (C=O) groups excluding carboxylic acids is 1. The highest BCUT2D eigenvalue weighted by molar-refractivity contribution is 5.66. The van der Waals surface area contributed by atoms with Gasteiger partial charge < -0.3 is 4.74 Å². The average molecular weight is 455 g/mol. The first-order valence-corrected chi connectivity index (χ1v) is 14.2. The molecule has 3 saturated carbocycles. The molecule has 0 radical (unpaired) electrons. The van der Waals surface area contributed by atoms with Crippen molar-refractivity contribution in [2.45, 2.75) is 119 Å². The van der Waals surface area contributed by atoms with E-state index in [4.69, 9.17) is 4.74 Å². The molecular formula is C31H50O2. The molecule has 4 aliphatic rings. The molecule has 1 unspecified atom stereocenters. The Balaban J connectivity index is 1.55. The molecule has 0 aromatic heterocycles. The Morgan fingerprint density at radius 1 is 1.15 bits per heavy atom. The lowest BCUT2D eigenvalue weighted by molar-refractivity contribution is -0.162. The fourth-order valence-corrected chi connectivity index (χ4v) is 9.34. The number of hydrogen-bond acceptors (Lipinski definition) is 2. The maximum atomic E-state index is 12.0. The maximum Gasteiger partial charge on any atom is 0.302 e. The molecule has 0 aromatic rings. The number of fused-ring (bicyclic) bond motifs is 5. The summed E-state index contributed by atoms with van der Waals surface area (Å²) in [5.41, 5.74) is 3.79. The van der Waals surface area contributed by atoms with E-state index in [9.17, 15) is 4.79 Å². The van der Waals surface area contributed by atoms with Gasteiger partial charge in [0.2, 0.25) is 0 Å². The fourth-order valence-electron chi connectivity index (χ4n) is 9.34. The van der Waals surface area contributed by atoms with Crippen LogP contribution in [0.5, 0.6) is 0 Å². The van der Waals surface area contributed by atoms with Crippen LogP contribution in [0.1, 0.15) is 113 Å². The Kier molecular flexibility index (Phi) is 7.24. The topological polar surface area (TPSA) is 26.3 Å².